The molecular weight excluding hydrogens is 363 g/mol. The summed E-state index contributed by atoms with van der Waals surface area (Å²) in [7, 11) is 0. The molecule has 0 heterocycles. The zero-order chi connectivity index (χ0) is 23.2. The van der Waals surface area contributed by atoms with Gasteiger partial charge in [-0.15, -0.1) is 0 Å². The van der Waals surface area contributed by atoms with Gasteiger partial charge in [0.05, 0.1) is 0 Å². The molecular formula is C22H27FO5. The normalized spacial score (nSPS) is 52.0. The first-order valence-corrected chi connectivity index (χ1v) is 9.71. The van der Waals surface area contributed by atoms with Gasteiger partial charge < -0.3 is 10.2 Å². The Hall–Kier alpha value is -1.66. The zero-order valence-electron chi connectivity index (χ0n) is 19.0. The maximum atomic E-state index is 16.9. The van der Waals surface area contributed by atoms with Gasteiger partial charge in [0.25, 0.3) is 0 Å². The third-order valence-electron chi connectivity index (χ3n) is 8.23. The van der Waals surface area contributed by atoms with Gasteiger partial charge in [0, 0.05) is 27.3 Å². The van der Waals surface area contributed by atoms with Crippen LogP contribution in [0.15, 0.2) is 23.8 Å². The van der Waals surface area contributed by atoms with Crippen LogP contribution in [0, 0.1) is 28.6 Å². The van der Waals surface area contributed by atoms with E-state index in [1.54, 1.807) is 6.92 Å². The van der Waals surface area contributed by atoms with Gasteiger partial charge in [0.2, 0.25) is 0 Å². The van der Waals surface area contributed by atoms with Gasteiger partial charge in [-0.05, 0) is 50.2 Å². The van der Waals surface area contributed by atoms with Crippen molar-refractivity contribution in [3.8, 4) is 0 Å². The fourth-order valence-electron chi connectivity index (χ4n) is 6.62. The highest BCUT2D eigenvalue weighted by molar-refractivity contribution is 6.03. The van der Waals surface area contributed by atoms with Crippen molar-refractivity contribution in [3.05, 3.63) is 23.8 Å². The van der Waals surface area contributed by atoms with E-state index in [2.05, 4.69) is 0 Å². The molecule has 3 fully saturated rings. The van der Waals surface area contributed by atoms with Crippen LogP contribution in [0.1, 0.15) is 50.5 Å². The predicted molar refractivity (Wildman–Crippen MR) is 98.9 cm³/mol. The van der Waals surface area contributed by atoms with E-state index in [1.807, 2.05) is 0 Å². The van der Waals surface area contributed by atoms with Crippen molar-refractivity contribution in [3.63, 3.8) is 0 Å². The summed E-state index contributed by atoms with van der Waals surface area (Å²) in [5, 5.41) is 21.0. The van der Waals surface area contributed by atoms with Crippen LogP contribution in [0.5, 0.6) is 0 Å². The topological polar surface area (TPSA) is 91.7 Å². The van der Waals surface area contributed by atoms with E-state index in [-0.39, 0.29) is 18.6 Å². The van der Waals surface area contributed by atoms with Gasteiger partial charge in [-0.1, -0.05) is 25.4 Å². The monoisotopic (exact) mass is 393 g/mol. The highest BCUT2D eigenvalue weighted by Gasteiger charge is 2.75. The molecule has 28 heavy (non-hydrogen) atoms. The lowest BCUT2D eigenvalue weighted by Crippen LogP contribution is -2.68. The minimum Gasteiger partial charge on any atom is -0.388 e. The lowest BCUT2D eigenvalue weighted by Gasteiger charge is -2.59. The number of carbonyl (C=O) groups excluding carboxylic acids is 3. The van der Waals surface area contributed by atoms with E-state index in [9.17, 15) is 24.6 Å². The first kappa shape index (κ1) is 16.2. The number of alkyl halides is 1. The summed E-state index contributed by atoms with van der Waals surface area (Å²) in [6.45, 7) is -0.749. The summed E-state index contributed by atoms with van der Waals surface area (Å²) < 4.78 is 40.7. The molecule has 3 saturated carbocycles. The number of rotatable bonds is 2. The van der Waals surface area contributed by atoms with Crippen LogP contribution in [0.4, 0.5) is 4.39 Å². The van der Waals surface area contributed by atoms with Gasteiger partial charge >= 0.3 is 0 Å². The Bertz CT molecular complexity index is 942. The first-order valence-electron chi connectivity index (χ1n) is 11.2. The Morgan fingerprint density at radius 2 is 2.07 bits per heavy atom. The molecule has 0 aromatic heterocycles. The second kappa shape index (κ2) is 5.70. The van der Waals surface area contributed by atoms with Crippen LogP contribution in [-0.4, -0.2) is 45.4 Å². The van der Waals surface area contributed by atoms with Crippen LogP contribution in [0.25, 0.3) is 0 Å². The smallest absolute Gasteiger partial charge is 0.190 e. The van der Waals surface area contributed by atoms with Crippen LogP contribution in [-0.2, 0) is 14.4 Å². The molecule has 0 bridgehead atoms. The number of aliphatic hydroxyl groups excluding tert-OH is 1. The highest BCUT2D eigenvalue weighted by Crippen LogP contribution is 2.69. The number of hydrogen-bond acceptors (Lipinski definition) is 5. The average molecular weight is 393 g/mol. The maximum Gasteiger partial charge on any atom is 0.190 e. The number of hydrogen-bond donors (Lipinski definition) is 2. The summed E-state index contributed by atoms with van der Waals surface area (Å²) in [5.74, 6) is -5.33. The third kappa shape index (κ3) is 1.96. The summed E-state index contributed by atoms with van der Waals surface area (Å²) in [4.78, 5) is 38.0. The van der Waals surface area contributed by atoms with Crippen molar-refractivity contribution in [1.82, 2.24) is 0 Å². The van der Waals surface area contributed by atoms with Crippen molar-refractivity contribution in [1.29, 1.82) is 0 Å². The van der Waals surface area contributed by atoms with Crippen LogP contribution >= 0.6 is 0 Å². The Kier molecular flexibility index (Phi) is 3.29. The second-order valence-corrected chi connectivity index (χ2v) is 9.22. The fourth-order valence-corrected chi connectivity index (χ4v) is 6.62. The lowest BCUT2D eigenvalue weighted by molar-refractivity contribution is -0.187. The van der Waals surface area contributed by atoms with Crippen molar-refractivity contribution < 1.29 is 33.1 Å². The molecule has 0 aromatic rings. The van der Waals surface area contributed by atoms with E-state index >= 15 is 4.39 Å². The van der Waals surface area contributed by atoms with E-state index in [1.165, 1.54) is 25.2 Å². The maximum absolute atomic E-state index is 16.9. The standard InChI is InChI=1S/C22H27FO5/c1-12-8-16-15-5-4-13-9-14(25)6-7-19(13,2)21(15,23)17(26)10-20(16,3)22(12,28)18(27)11-24/h6-7,9,12,15-16,24,28H,4-5,8,10-11H2,1-3H3/t12-,15+,16+,19+,20+,21+,22+/m1/s1/i1D3. The highest BCUT2D eigenvalue weighted by atomic mass is 19.1. The molecule has 0 radical (unpaired) electrons. The van der Waals surface area contributed by atoms with Crippen molar-refractivity contribution in [2.45, 2.75) is 57.7 Å². The van der Waals surface area contributed by atoms with Gasteiger partial charge in [-0.25, -0.2) is 4.39 Å². The SMILES string of the molecule is [2H]C([2H])([2H])[C@@H]1C[C@H]2[C@@H]3CCC4=CC(=O)C=C[C@]4(C)[C@@]3(F)C(=O)C[C@]2(C)[C@@]1(O)C(=O)CO. The molecule has 0 aromatic carbocycles. The number of Topliss-reactive ketones (excluding diaryl/α,β-unsaturated/α-hetero) is 2. The van der Waals surface area contributed by atoms with E-state index < -0.39 is 71.3 Å². The van der Waals surface area contributed by atoms with Gasteiger partial charge in [0.15, 0.2) is 23.0 Å². The molecule has 0 aliphatic heterocycles. The molecule has 7 atom stereocenters. The third-order valence-corrected chi connectivity index (χ3v) is 8.23. The van der Waals surface area contributed by atoms with E-state index in [4.69, 9.17) is 4.11 Å². The predicted octanol–water partition coefficient (Wildman–Crippen LogP) is 2.10. The molecule has 0 unspecified atom stereocenters. The molecule has 152 valence electrons. The summed E-state index contributed by atoms with van der Waals surface area (Å²) in [6.07, 6.45) is 3.92. The Morgan fingerprint density at radius 3 is 2.71 bits per heavy atom. The van der Waals surface area contributed by atoms with Crippen LogP contribution in [0.2, 0.25) is 0 Å². The number of carbonyl (C=O) groups is 3. The minimum absolute atomic E-state index is 0.156. The molecule has 0 spiro atoms. The molecule has 5 nitrogen and oxygen atoms in total. The zero-order valence-corrected chi connectivity index (χ0v) is 16.0. The Morgan fingerprint density at radius 1 is 1.36 bits per heavy atom. The molecule has 6 heteroatoms. The number of allylic oxidation sites excluding steroid dienone is 4. The Labute approximate surface area is 167 Å². The number of ketones is 3. The summed E-state index contributed by atoms with van der Waals surface area (Å²) >= 11 is 0. The number of halogens is 1. The number of fused-ring (bicyclic) bond motifs is 5. The van der Waals surface area contributed by atoms with E-state index in [0.29, 0.717) is 12.0 Å². The Balaban J connectivity index is 1.89. The molecule has 0 amide bonds. The van der Waals surface area contributed by atoms with Crippen LogP contribution < -0.4 is 0 Å². The molecule has 0 saturated heterocycles. The second-order valence-electron chi connectivity index (χ2n) is 9.22. The largest absolute Gasteiger partial charge is 0.388 e. The molecule has 4 rings (SSSR count). The average Bonchev–Trinajstić information content (AvgIpc) is 2.92. The van der Waals surface area contributed by atoms with Gasteiger partial charge in [0.1, 0.15) is 12.2 Å². The lowest BCUT2D eigenvalue weighted by atomic mass is 9.45. The van der Waals surface area contributed by atoms with Gasteiger partial charge in [-0.3, -0.25) is 14.4 Å². The molecule has 4 aliphatic carbocycles. The quantitative estimate of drug-likeness (QED) is 0.750. The first-order chi connectivity index (χ1) is 14.2. The number of aliphatic hydroxyl groups is 2. The molecule has 4 aliphatic rings. The van der Waals surface area contributed by atoms with Crippen molar-refractivity contribution in [2.75, 3.05) is 6.61 Å². The van der Waals surface area contributed by atoms with Crippen molar-refractivity contribution in [2.24, 2.45) is 28.6 Å². The van der Waals surface area contributed by atoms with Crippen LogP contribution in [0.3, 0.4) is 0 Å². The summed E-state index contributed by atoms with van der Waals surface area (Å²) in [5.41, 5.74) is -7.19. The molecule has 2 N–H and O–H groups in total. The van der Waals surface area contributed by atoms with Crippen molar-refractivity contribution >= 4 is 17.3 Å². The van der Waals surface area contributed by atoms with Gasteiger partial charge in [-0.2, -0.15) is 0 Å². The summed E-state index contributed by atoms with van der Waals surface area (Å²) in [6, 6.07) is 0. The van der Waals surface area contributed by atoms with E-state index in [0.717, 1.165) is 0 Å². The minimum atomic E-state index is -2.73. The fraction of sp³-hybridized carbons (Fsp3) is 0.682.